The van der Waals surface area contributed by atoms with E-state index in [-0.39, 0.29) is 18.3 Å². The normalized spacial score (nSPS) is 12.9. The summed E-state index contributed by atoms with van der Waals surface area (Å²) < 4.78 is 11.3. The van der Waals surface area contributed by atoms with Gasteiger partial charge in [-0.05, 0) is 68.0 Å². The average molecular weight is 392 g/mol. The third-order valence-corrected chi connectivity index (χ3v) is 5.97. The van der Waals surface area contributed by atoms with Gasteiger partial charge in [-0.3, -0.25) is 4.79 Å². The molecule has 5 nitrogen and oxygen atoms in total. The monoisotopic (exact) mass is 392 g/mol. The molecule has 2 heterocycles. The zero-order valence-electron chi connectivity index (χ0n) is 15.6. The smallest absolute Gasteiger partial charge is 0.292 e. The zero-order valence-corrected chi connectivity index (χ0v) is 16.4. The summed E-state index contributed by atoms with van der Waals surface area (Å²) in [6.45, 7) is 2.24. The van der Waals surface area contributed by atoms with E-state index in [1.165, 1.54) is 16.2 Å². The van der Waals surface area contributed by atoms with E-state index in [2.05, 4.69) is 11.4 Å². The van der Waals surface area contributed by atoms with Crippen LogP contribution in [0, 0.1) is 18.3 Å². The predicted octanol–water partition coefficient (Wildman–Crippen LogP) is 5.23. The number of hydrogen-bond acceptors (Lipinski definition) is 5. The van der Waals surface area contributed by atoms with E-state index in [4.69, 9.17) is 9.15 Å². The van der Waals surface area contributed by atoms with Gasteiger partial charge in [0.05, 0.1) is 5.56 Å². The molecular weight excluding hydrogens is 372 g/mol. The van der Waals surface area contributed by atoms with Crippen molar-refractivity contribution in [3.05, 3.63) is 69.5 Å². The van der Waals surface area contributed by atoms with Gasteiger partial charge in [0.1, 0.15) is 29.2 Å². The molecule has 0 unspecified atom stereocenters. The number of ether oxygens (including phenoxy) is 1. The van der Waals surface area contributed by atoms with Crippen LogP contribution in [-0.4, -0.2) is 5.91 Å². The Morgan fingerprint density at radius 3 is 2.96 bits per heavy atom. The Bertz CT molecular complexity index is 1060. The molecule has 0 saturated carbocycles. The Labute approximate surface area is 167 Å². The number of nitrogens with zero attached hydrogens (tertiary/aromatic N) is 1. The van der Waals surface area contributed by atoms with Crippen LogP contribution in [0.25, 0.3) is 0 Å². The first-order valence-corrected chi connectivity index (χ1v) is 10.1. The highest BCUT2D eigenvalue weighted by atomic mass is 32.1. The van der Waals surface area contributed by atoms with E-state index >= 15 is 0 Å². The van der Waals surface area contributed by atoms with Gasteiger partial charge in [0.25, 0.3) is 5.91 Å². The third kappa shape index (κ3) is 3.80. The molecule has 0 spiro atoms. The van der Waals surface area contributed by atoms with Gasteiger partial charge in [-0.15, -0.1) is 11.3 Å². The molecule has 0 radical (unpaired) electrons. The molecule has 1 aromatic carbocycles. The summed E-state index contributed by atoms with van der Waals surface area (Å²) in [5.74, 6) is 1.18. The number of nitrogens with one attached hydrogen (secondary N) is 1. The fraction of sp³-hybridized carbons (Fsp3) is 0.273. The number of furan rings is 1. The molecule has 0 atom stereocenters. The van der Waals surface area contributed by atoms with Gasteiger partial charge in [0.15, 0.2) is 5.76 Å². The Hall–Kier alpha value is -3.04. The van der Waals surface area contributed by atoms with E-state index in [0.29, 0.717) is 16.3 Å². The molecule has 0 aliphatic heterocycles. The molecule has 1 amide bonds. The predicted molar refractivity (Wildman–Crippen MR) is 108 cm³/mol. The maximum absolute atomic E-state index is 12.6. The highest BCUT2D eigenvalue weighted by molar-refractivity contribution is 7.16. The number of carbonyl (C=O) groups excluding carboxylic acids is 1. The minimum absolute atomic E-state index is 0.207. The van der Waals surface area contributed by atoms with Crippen LogP contribution in [0.4, 0.5) is 5.00 Å². The van der Waals surface area contributed by atoms with Crippen molar-refractivity contribution in [3.63, 3.8) is 0 Å². The summed E-state index contributed by atoms with van der Waals surface area (Å²) in [6.07, 6.45) is 4.11. The maximum atomic E-state index is 12.6. The maximum Gasteiger partial charge on any atom is 0.292 e. The molecule has 6 heteroatoms. The molecule has 28 heavy (non-hydrogen) atoms. The van der Waals surface area contributed by atoms with Gasteiger partial charge in [-0.1, -0.05) is 12.1 Å². The first-order valence-electron chi connectivity index (χ1n) is 9.28. The highest BCUT2D eigenvalue weighted by Gasteiger charge is 2.23. The quantitative estimate of drug-likeness (QED) is 0.645. The van der Waals surface area contributed by atoms with Crippen LogP contribution >= 0.6 is 11.3 Å². The molecule has 0 bridgehead atoms. The Kier molecular flexibility index (Phi) is 5.18. The number of rotatable bonds is 5. The Balaban J connectivity index is 1.44. The largest absolute Gasteiger partial charge is 0.486 e. The van der Waals surface area contributed by atoms with Gasteiger partial charge >= 0.3 is 0 Å². The number of fused-ring (bicyclic) bond motifs is 1. The van der Waals surface area contributed by atoms with Crippen molar-refractivity contribution in [2.75, 3.05) is 5.32 Å². The fourth-order valence-electron chi connectivity index (χ4n) is 3.37. The lowest BCUT2D eigenvalue weighted by atomic mass is 9.96. The molecule has 2 aromatic heterocycles. The second kappa shape index (κ2) is 7.91. The van der Waals surface area contributed by atoms with Crippen molar-refractivity contribution in [3.8, 4) is 11.8 Å². The fourth-order valence-corrected chi connectivity index (χ4v) is 4.61. The molecule has 142 valence electrons. The standard InChI is InChI=1S/C22H20N2O3S/c1-14-5-4-6-15(11-14)26-13-16-9-10-19(27-16)21(25)24-22-18(12-23)17-7-2-3-8-20(17)28-22/h4-6,9-11H,2-3,7-8,13H2,1H3,(H,24,25). The molecule has 0 fully saturated rings. The summed E-state index contributed by atoms with van der Waals surface area (Å²) >= 11 is 1.50. The van der Waals surface area contributed by atoms with Crippen LogP contribution in [0.2, 0.25) is 0 Å². The zero-order chi connectivity index (χ0) is 19.5. The van der Waals surface area contributed by atoms with E-state index < -0.39 is 0 Å². The molecule has 3 aromatic rings. The van der Waals surface area contributed by atoms with Crippen LogP contribution in [0.1, 0.15) is 50.7 Å². The van der Waals surface area contributed by atoms with Gasteiger partial charge < -0.3 is 14.5 Å². The lowest BCUT2D eigenvalue weighted by Gasteiger charge is -2.09. The molecule has 1 N–H and O–H groups in total. The number of nitriles is 1. The first-order chi connectivity index (χ1) is 13.6. The van der Waals surface area contributed by atoms with Crippen molar-refractivity contribution >= 4 is 22.2 Å². The SMILES string of the molecule is Cc1cccc(OCc2ccc(C(=O)Nc3sc4c(c3C#N)CCCC4)o2)c1. The van der Waals surface area contributed by atoms with Crippen LogP contribution < -0.4 is 10.1 Å². The van der Waals surface area contributed by atoms with Crippen LogP contribution in [0.5, 0.6) is 5.75 Å². The average Bonchev–Trinajstić information content (AvgIpc) is 3.30. The summed E-state index contributed by atoms with van der Waals surface area (Å²) in [5.41, 5.74) is 2.81. The summed E-state index contributed by atoms with van der Waals surface area (Å²) in [7, 11) is 0. The topological polar surface area (TPSA) is 75.3 Å². The number of carbonyl (C=O) groups is 1. The second-order valence-corrected chi connectivity index (χ2v) is 7.96. The van der Waals surface area contributed by atoms with E-state index in [1.807, 2.05) is 31.2 Å². The van der Waals surface area contributed by atoms with Crippen molar-refractivity contribution in [2.45, 2.75) is 39.2 Å². The Morgan fingerprint density at radius 1 is 1.29 bits per heavy atom. The number of thiophene rings is 1. The van der Waals surface area contributed by atoms with Crippen LogP contribution in [0.3, 0.4) is 0 Å². The van der Waals surface area contributed by atoms with E-state index in [9.17, 15) is 10.1 Å². The van der Waals surface area contributed by atoms with Crippen molar-refractivity contribution in [1.29, 1.82) is 5.26 Å². The Morgan fingerprint density at radius 2 is 2.14 bits per heavy atom. The minimum atomic E-state index is -0.350. The number of aryl methyl sites for hydroxylation is 2. The highest BCUT2D eigenvalue weighted by Crippen LogP contribution is 2.37. The van der Waals surface area contributed by atoms with Gasteiger partial charge in [-0.25, -0.2) is 0 Å². The lowest BCUT2D eigenvalue weighted by molar-refractivity contribution is 0.0993. The van der Waals surface area contributed by atoms with Crippen molar-refractivity contribution in [2.24, 2.45) is 0 Å². The van der Waals surface area contributed by atoms with Crippen molar-refractivity contribution < 1.29 is 13.9 Å². The molecule has 1 aliphatic carbocycles. The van der Waals surface area contributed by atoms with Gasteiger partial charge in [0.2, 0.25) is 0 Å². The van der Waals surface area contributed by atoms with E-state index in [0.717, 1.165) is 42.6 Å². The number of benzene rings is 1. The summed E-state index contributed by atoms with van der Waals surface area (Å²) in [4.78, 5) is 13.8. The number of amides is 1. The van der Waals surface area contributed by atoms with Crippen LogP contribution in [0.15, 0.2) is 40.8 Å². The molecule has 1 aliphatic rings. The van der Waals surface area contributed by atoms with Crippen LogP contribution in [-0.2, 0) is 19.4 Å². The summed E-state index contributed by atoms with van der Waals surface area (Å²) in [5, 5.41) is 13.0. The number of hydrogen-bond donors (Lipinski definition) is 1. The summed E-state index contributed by atoms with van der Waals surface area (Å²) in [6, 6.07) is 13.4. The number of anilines is 1. The third-order valence-electron chi connectivity index (χ3n) is 4.77. The molecule has 4 rings (SSSR count). The van der Waals surface area contributed by atoms with Gasteiger partial charge in [-0.2, -0.15) is 5.26 Å². The van der Waals surface area contributed by atoms with E-state index in [1.54, 1.807) is 12.1 Å². The second-order valence-electron chi connectivity index (χ2n) is 6.85. The van der Waals surface area contributed by atoms with Gasteiger partial charge in [0, 0.05) is 4.88 Å². The lowest BCUT2D eigenvalue weighted by Crippen LogP contribution is -2.11. The minimum Gasteiger partial charge on any atom is -0.486 e. The molecular formula is C22H20N2O3S. The van der Waals surface area contributed by atoms with Crippen molar-refractivity contribution in [1.82, 2.24) is 0 Å². The molecule has 0 saturated heterocycles. The first kappa shape index (κ1) is 18.3.